The maximum Gasteiger partial charge on any atom is 0.338 e. The molecule has 5 nitrogen and oxygen atoms in total. The summed E-state index contributed by atoms with van der Waals surface area (Å²) in [5.41, 5.74) is 3.42. The van der Waals surface area contributed by atoms with Crippen LogP contribution < -0.4 is 4.74 Å². The van der Waals surface area contributed by atoms with Crippen LogP contribution in [0.15, 0.2) is 54.1 Å². The summed E-state index contributed by atoms with van der Waals surface area (Å²) >= 11 is 0. The van der Waals surface area contributed by atoms with Gasteiger partial charge in [0.1, 0.15) is 12.4 Å². The molecule has 0 saturated carbocycles. The Balaban J connectivity index is 1.54. The molecule has 1 aromatic heterocycles. The number of hydrogen-bond donors (Lipinski definition) is 1. The Bertz CT molecular complexity index is 1080. The Morgan fingerprint density at radius 2 is 1.85 bits per heavy atom. The number of Topliss-reactive ketones (excluding diaryl/α,β-unsaturated/α-hetero) is 1. The molecule has 0 unspecified atom stereocenters. The van der Waals surface area contributed by atoms with Gasteiger partial charge in [0.05, 0.1) is 5.57 Å². The molecular weight excluding hydrogens is 342 g/mol. The number of rotatable bonds is 4. The van der Waals surface area contributed by atoms with E-state index in [1.807, 2.05) is 55.5 Å². The molecule has 1 N–H and O–H groups in total. The Morgan fingerprint density at radius 3 is 2.70 bits per heavy atom. The summed E-state index contributed by atoms with van der Waals surface area (Å²) in [5, 5.41) is 0.831. The van der Waals surface area contributed by atoms with Gasteiger partial charge in [-0.1, -0.05) is 36.4 Å². The number of aromatic nitrogens is 1. The van der Waals surface area contributed by atoms with Crippen molar-refractivity contribution in [2.24, 2.45) is 0 Å². The van der Waals surface area contributed by atoms with Crippen molar-refractivity contribution in [2.75, 3.05) is 6.61 Å². The van der Waals surface area contributed by atoms with Crippen LogP contribution in [-0.4, -0.2) is 29.4 Å². The molecule has 2 aromatic carbocycles. The van der Waals surface area contributed by atoms with Gasteiger partial charge in [-0.05, 0) is 32.1 Å². The monoisotopic (exact) mass is 361 g/mol. The molecule has 2 heterocycles. The Morgan fingerprint density at radius 1 is 1.11 bits per heavy atom. The SMILES string of the molecule is Cc1[nH]c2ccccc2c1C(=O)[C@H](C)OC(=O)C1=Cc2ccccc2OC1. The highest BCUT2D eigenvalue weighted by atomic mass is 16.5. The second-order valence-corrected chi connectivity index (χ2v) is 6.58. The third-order valence-corrected chi connectivity index (χ3v) is 4.69. The highest BCUT2D eigenvalue weighted by molar-refractivity contribution is 6.12. The summed E-state index contributed by atoms with van der Waals surface area (Å²) < 4.78 is 11.0. The molecule has 5 heteroatoms. The van der Waals surface area contributed by atoms with Gasteiger partial charge in [-0.15, -0.1) is 0 Å². The number of aromatic amines is 1. The smallest absolute Gasteiger partial charge is 0.338 e. The van der Waals surface area contributed by atoms with E-state index in [9.17, 15) is 9.59 Å². The molecule has 0 radical (unpaired) electrons. The molecule has 136 valence electrons. The summed E-state index contributed by atoms with van der Waals surface area (Å²) in [5.74, 6) is -0.0357. The molecule has 27 heavy (non-hydrogen) atoms. The number of ketones is 1. The molecule has 3 aromatic rings. The quantitative estimate of drug-likeness (QED) is 0.562. The maximum absolute atomic E-state index is 12.9. The molecule has 4 rings (SSSR count). The first-order valence-corrected chi connectivity index (χ1v) is 8.79. The van der Waals surface area contributed by atoms with E-state index in [2.05, 4.69) is 4.98 Å². The van der Waals surface area contributed by atoms with Crippen molar-refractivity contribution in [3.05, 3.63) is 70.9 Å². The van der Waals surface area contributed by atoms with E-state index in [-0.39, 0.29) is 12.4 Å². The number of ether oxygens (including phenoxy) is 2. The predicted molar refractivity (Wildman–Crippen MR) is 103 cm³/mol. The van der Waals surface area contributed by atoms with Gasteiger partial charge in [0, 0.05) is 27.7 Å². The normalized spacial score (nSPS) is 14.1. The molecule has 1 atom stereocenters. The second-order valence-electron chi connectivity index (χ2n) is 6.58. The Kier molecular flexibility index (Phi) is 4.28. The van der Waals surface area contributed by atoms with Gasteiger partial charge < -0.3 is 14.5 Å². The van der Waals surface area contributed by atoms with Gasteiger partial charge in [0.15, 0.2) is 6.10 Å². The van der Waals surface area contributed by atoms with E-state index in [0.717, 1.165) is 27.9 Å². The first kappa shape index (κ1) is 17.1. The van der Waals surface area contributed by atoms with Crippen molar-refractivity contribution in [1.82, 2.24) is 4.98 Å². The number of benzene rings is 2. The average Bonchev–Trinajstić information content (AvgIpc) is 3.02. The average molecular weight is 361 g/mol. The fraction of sp³-hybridized carbons (Fsp3) is 0.182. The molecule has 0 spiro atoms. The summed E-state index contributed by atoms with van der Waals surface area (Å²) in [6.45, 7) is 3.57. The van der Waals surface area contributed by atoms with Crippen LogP contribution in [0.4, 0.5) is 0 Å². The van der Waals surface area contributed by atoms with Crippen molar-refractivity contribution < 1.29 is 19.1 Å². The summed E-state index contributed by atoms with van der Waals surface area (Å²) in [4.78, 5) is 28.6. The Hall–Kier alpha value is -3.34. The van der Waals surface area contributed by atoms with Gasteiger partial charge in [0.2, 0.25) is 5.78 Å². The molecule has 0 amide bonds. The first-order chi connectivity index (χ1) is 13.0. The lowest BCUT2D eigenvalue weighted by Crippen LogP contribution is -2.27. The summed E-state index contributed by atoms with van der Waals surface area (Å²) in [7, 11) is 0. The number of nitrogens with one attached hydrogen (secondary N) is 1. The summed E-state index contributed by atoms with van der Waals surface area (Å²) in [6.07, 6.45) is 0.850. The standard InChI is InChI=1S/C22H19NO4/c1-13-20(17-8-4-5-9-18(17)23-13)21(24)14(2)27-22(25)16-11-15-7-3-6-10-19(15)26-12-16/h3-11,14,23H,12H2,1-2H3/t14-/m0/s1. The van der Waals surface area contributed by atoms with E-state index in [0.29, 0.717) is 11.1 Å². The topological polar surface area (TPSA) is 68.4 Å². The van der Waals surface area contributed by atoms with Gasteiger partial charge in [-0.25, -0.2) is 4.79 Å². The highest BCUT2D eigenvalue weighted by Crippen LogP contribution is 2.27. The number of para-hydroxylation sites is 2. The van der Waals surface area contributed by atoms with Crippen LogP contribution in [0, 0.1) is 6.92 Å². The van der Waals surface area contributed by atoms with Crippen LogP contribution in [0.1, 0.15) is 28.5 Å². The number of fused-ring (bicyclic) bond motifs is 2. The fourth-order valence-electron chi connectivity index (χ4n) is 3.32. The minimum absolute atomic E-state index is 0.128. The van der Waals surface area contributed by atoms with Crippen LogP contribution in [0.5, 0.6) is 5.75 Å². The first-order valence-electron chi connectivity index (χ1n) is 8.79. The molecule has 0 saturated heterocycles. The van der Waals surface area contributed by atoms with Crippen LogP contribution in [0.3, 0.4) is 0 Å². The minimum atomic E-state index is -0.895. The lowest BCUT2D eigenvalue weighted by Gasteiger charge is -2.19. The molecule has 1 aliphatic rings. The lowest BCUT2D eigenvalue weighted by atomic mass is 10.0. The number of esters is 1. The fourth-order valence-corrected chi connectivity index (χ4v) is 3.32. The van der Waals surface area contributed by atoms with Crippen LogP contribution >= 0.6 is 0 Å². The zero-order valence-corrected chi connectivity index (χ0v) is 15.1. The molecule has 0 aliphatic carbocycles. The van der Waals surface area contributed by atoms with Crippen molar-refractivity contribution in [1.29, 1.82) is 0 Å². The van der Waals surface area contributed by atoms with E-state index in [1.165, 1.54) is 0 Å². The largest absolute Gasteiger partial charge is 0.488 e. The molecule has 0 bridgehead atoms. The van der Waals surface area contributed by atoms with Gasteiger partial charge in [-0.3, -0.25) is 4.79 Å². The van der Waals surface area contributed by atoms with Crippen molar-refractivity contribution in [3.8, 4) is 5.75 Å². The third-order valence-electron chi connectivity index (χ3n) is 4.69. The van der Waals surface area contributed by atoms with Crippen molar-refractivity contribution >= 4 is 28.7 Å². The Labute approximate surface area is 156 Å². The van der Waals surface area contributed by atoms with Crippen molar-refractivity contribution in [3.63, 3.8) is 0 Å². The van der Waals surface area contributed by atoms with Crippen LogP contribution in [0.25, 0.3) is 17.0 Å². The van der Waals surface area contributed by atoms with Gasteiger partial charge >= 0.3 is 5.97 Å². The van der Waals surface area contributed by atoms with Crippen LogP contribution in [0.2, 0.25) is 0 Å². The van der Waals surface area contributed by atoms with Crippen LogP contribution in [-0.2, 0) is 9.53 Å². The predicted octanol–water partition coefficient (Wildman–Crippen LogP) is 4.07. The molecule has 0 fully saturated rings. The molecular formula is C22H19NO4. The van der Waals surface area contributed by atoms with Gasteiger partial charge in [-0.2, -0.15) is 0 Å². The zero-order valence-electron chi connectivity index (χ0n) is 15.1. The van der Waals surface area contributed by atoms with E-state index >= 15 is 0 Å². The highest BCUT2D eigenvalue weighted by Gasteiger charge is 2.26. The number of aryl methyl sites for hydroxylation is 1. The van der Waals surface area contributed by atoms with E-state index < -0.39 is 12.1 Å². The van der Waals surface area contributed by atoms with E-state index in [1.54, 1.807) is 13.0 Å². The third kappa shape index (κ3) is 3.12. The minimum Gasteiger partial charge on any atom is -0.488 e. The number of carbonyl (C=O) groups excluding carboxylic acids is 2. The number of carbonyl (C=O) groups is 2. The summed E-state index contributed by atoms with van der Waals surface area (Å²) in [6, 6.07) is 15.0. The number of H-pyrrole nitrogens is 1. The second kappa shape index (κ2) is 6.76. The van der Waals surface area contributed by atoms with E-state index in [4.69, 9.17) is 9.47 Å². The zero-order chi connectivity index (χ0) is 19.0. The lowest BCUT2D eigenvalue weighted by molar-refractivity contribution is -0.141. The number of hydrogen-bond acceptors (Lipinski definition) is 4. The van der Waals surface area contributed by atoms with Crippen molar-refractivity contribution in [2.45, 2.75) is 20.0 Å². The maximum atomic E-state index is 12.9. The van der Waals surface area contributed by atoms with Gasteiger partial charge in [0.25, 0.3) is 0 Å². The molecule has 1 aliphatic heterocycles.